The number of nitrogens with zero attached hydrogens (tertiary/aromatic N) is 3. The molecule has 0 unspecified atom stereocenters. The van der Waals surface area contributed by atoms with Gasteiger partial charge in [0, 0.05) is 30.2 Å². The average molecular weight is 560 g/mol. The first-order valence-corrected chi connectivity index (χ1v) is 15.2. The molecule has 2 heterocycles. The molecule has 1 atom stereocenters. The molecule has 2 aromatic heterocycles. The van der Waals surface area contributed by atoms with Crippen molar-refractivity contribution in [3.05, 3.63) is 45.4 Å². The molecule has 208 valence electrons. The molecule has 9 heteroatoms. The summed E-state index contributed by atoms with van der Waals surface area (Å²) in [6, 6.07) is 5.99. The molecule has 2 aliphatic carbocycles. The standard InChI is InChI=1S/C29H42ClN5O2S/c1-34(2)23-11-9-22(10-12-23)32-28(36)26(15-20-7-5-4-6-8-20)33-29(37)27-14-13-25(38-27)19-35(3)24-16-21(30)17-31-18-24/h13-14,16-18,20,22-23,26H,4-12,15,19H2,1-3H3,(H,32,36)(H,33,37)/t22?,23?,26-/m0/s1. The van der Waals surface area contributed by atoms with Crippen molar-refractivity contribution in [2.24, 2.45) is 5.92 Å². The second-order valence-electron chi connectivity index (χ2n) is 11.2. The highest BCUT2D eigenvalue weighted by molar-refractivity contribution is 7.14. The minimum absolute atomic E-state index is 0.0257. The van der Waals surface area contributed by atoms with Crippen LogP contribution in [0.3, 0.4) is 0 Å². The number of halogens is 1. The van der Waals surface area contributed by atoms with Gasteiger partial charge < -0.3 is 20.4 Å². The molecule has 0 aliphatic heterocycles. The molecule has 0 saturated heterocycles. The molecule has 2 saturated carbocycles. The van der Waals surface area contributed by atoms with Crippen molar-refractivity contribution in [2.45, 2.75) is 88.9 Å². The van der Waals surface area contributed by atoms with E-state index in [1.165, 1.54) is 30.6 Å². The van der Waals surface area contributed by atoms with Crippen LogP contribution in [0.5, 0.6) is 0 Å². The number of hydrogen-bond acceptors (Lipinski definition) is 6. The molecule has 38 heavy (non-hydrogen) atoms. The van der Waals surface area contributed by atoms with Gasteiger partial charge in [0.25, 0.3) is 5.91 Å². The van der Waals surface area contributed by atoms with Crippen LogP contribution in [0.1, 0.15) is 78.8 Å². The van der Waals surface area contributed by atoms with Gasteiger partial charge in [0.1, 0.15) is 6.04 Å². The number of nitrogens with one attached hydrogen (secondary N) is 2. The number of amides is 2. The first-order chi connectivity index (χ1) is 18.3. The summed E-state index contributed by atoms with van der Waals surface area (Å²) in [7, 11) is 6.23. The molecule has 0 aromatic carbocycles. The highest BCUT2D eigenvalue weighted by Gasteiger charge is 2.30. The minimum atomic E-state index is -0.497. The summed E-state index contributed by atoms with van der Waals surface area (Å²) in [4.78, 5) is 36.9. The van der Waals surface area contributed by atoms with E-state index in [9.17, 15) is 9.59 Å². The number of rotatable bonds is 10. The molecule has 2 aliphatic rings. The second-order valence-corrected chi connectivity index (χ2v) is 12.8. The van der Waals surface area contributed by atoms with Crippen LogP contribution in [0, 0.1) is 5.92 Å². The molecular weight excluding hydrogens is 518 g/mol. The van der Waals surface area contributed by atoms with E-state index in [0.717, 1.165) is 49.1 Å². The Labute approximate surface area is 236 Å². The quantitative estimate of drug-likeness (QED) is 0.402. The highest BCUT2D eigenvalue weighted by Crippen LogP contribution is 2.29. The van der Waals surface area contributed by atoms with Gasteiger partial charge in [0.05, 0.1) is 28.3 Å². The van der Waals surface area contributed by atoms with Crippen molar-refractivity contribution in [1.29, 1.82) is 0 Å². The summed E-state index contributed by atoms with van der Waals surface area (Å²) in [6.45, 7) is 0.640. The van der Waals surface area contributed by atoms with Crippen LogP contribution in [-0.4, -0.2) is 61.0 Å². The monoisotopic (exact) mass is 559 g/mol. The number of carbonyl (C=O) groups excluding carboxylic acids is 2. The van der Waals surface area contributed by atoms with Gasteiger partial charge in [0.15, 0.2) is 0 Å². The van der Waals surface area contributed by atoms with E-state index in [1.807, 2.05) is 25.2 Å². The Balaban J connectivity index is 1.37. The summed E-state index contributed by atoms with van der Waals surface area (Å²) < 4.78 is 0. The lowest BCUT2D eigenvalue weighted by Crippen LogP contribution is -2.51. The van der Waals surface area contributed by atoms with Crippen molar-refractivity contribution >= 4 is 40.4 Å². The number of pyridine rings is 1. The summed E-state index contributed by atoms with van der Waals surface area (Å²) in [6.07, 6.45) is 14.2. The fourth-order valence-electron chi connectivity index (χ4n) is 5.77. The fraction of sp³-hybridized carbons (Fsp3) is 0.621. The van der Waals surface area contributed by atoms with Gasteiger partial charge in [-0.05, 0) is 70.3 Å². The van der Waals surface area contributed by atoms with Gasteiger partial charge in [-0.1, -0.05) is 43.7 Å². The van der Waals surface area contributed by atoms with E-state index in [0.29, 0.717) is 34.8 Å². The Morgan fingerprint density at radius 1 is 1.05 bits per heavy atom. The Kier molecular flexibility index (Phi) is 10.4. The lowest BCUT2D eigenvalue weighted by atomic mass is 9.84. The van der Waals surface area contributed by atoms with Crippen molar-refractivity contribution in [1.82, 2.24) is 20.5 Å². The van der Waals surface area contributed by atoms with Crippen molar-refractivity contribution < 1.29 is 9.59 Å². The maximum absolute atomic E-state index is 13.4. The summed E-state index contributed by atoms with van der Waals surface area (Å²) >= 11 is 7.55. The third kappa shape index (κ3) is 8.17. The molecule has 0 bridgehead atoms. The van der Waals surface area contributed by atoms with E-state index in [2.05, 4.69) is 39.5 Å². The van der Waals surface area contributed by atoms with Crippen LogP contribution in [0.2, 0.25) is 5.02 Å². The number of hydrogen-bond donors (Lipinski definition) is 2. The predicted molar refractivity (Wildman–Crippen MR) is 156 cm³/mol. The third-order valence-electron chi connectivity index (χ3n) is 8.10. The Bertz CT molecular complexity index is 1060. The van der Waals surface area contributed by atoms with Gasteiger partial charge in [-0.25, -0.2) is 0 Å². The molecule has 4 rings (SSSR count). The van der Waals surface area contributed by atoms with E-state index in [4.69, 9.17) is 11.6 Å². The summed E-state index contributed by atoms with van der Waals surface area (Å²) in [5, 5.41) is 6.99. The number of thiophene rings is 1. The fourth-order valence-corrected chi connectivity index (χ4v) is 6.91. The second kappa shape index (κ2) is 13.8. The van der Waals surface area contributed by atoms with E-state index in [-0.39, 0.29) is 17.9 Å². The summed E-state index contributed by atoms with van der Waals surface area (Å²) in [5.74, 6) is 0.297. The van der Waals surface area contributed by atoms with E-state index >= 15 is 0 Å². The zero-order valence-electron chi connectivity index (χ0n) is 22.9. The van der Waals surface area contributed by atoms with Gasteiger partial charge in [-0.15, -0.1) is 11.3 Å². The lowest BCUT2D eigenvalue weighted by Gasteiger charge is -2.34. The molecule has 2 aromatic rings. The normalized spacial score (nSPS) is 21.2. The number of carbonyl (C=O) groups is 2. The van der Waals surface area contributed by atoms with Gasteiger partial charge in [0.2, 0.25) is 5.91 Å². The third-order valence-corrected chi connectivity index (χ3v) is 9.37. The van der Waals surface area contributed by atoms with Crippen LogP contribution in [-0.2, 0) is 11.3 Å². The summed E-state index contributed by atoms with van der Waals surface area (Å²) in [5.41, 5.74) is 0.917. The molecule has 2 N–H and O–H groups in total. The first-order valence-electron chi connectivity index (χ1n) is 14.0. The van der Waals surface area contributed by atoms with Gasteiger partial charge in [-0.2, -0.15) is 0 Å². The lowest BCUT2D eigenvalue weighted by molar-refractivity contribution is -0.124. The maximum atomic E-state index is 13.4. The van der Waals surface area contributed by atoms with Crippen molar-refractivity contribution in [3.63, 3.8) is 0 Å². The number of anilines is 1. The molecule has 0 spiro atoms. The molecule has 7 nitrogen and oxygen atoms in total. The molecule has 2 amide bonds. The van der Waals surface area contributed by atoms with Gasteiger partial charge >= 0.3 is 0 Å². The van der Waals surface area contributed by atoms with Crippen molar-refractivity contribution in [2.75, 3.05) is 26.0 Å². The molecule has 2 fully saturated rings. The zero-order valence-corrected chi connectivity index (χ0v) is 24.5. The minimum Gasteiger partial charge on any atom is -0.368 e. The van der Waals surface area contributed by atoms with Crippen LogP contribution < -0.4 is 15.5 Å². The average Bonchev–Trinajstić information content (AvgIpc) is 3.38. The SMILES string of the molecule is CN(Cc1ccc(C(=O)N[C@@H](CC2CCCCC2)C(=O)NC2CCC(N(C)C)CC2)s1)c1cncc(Cl)c1. The molecular formula is C29H42ClN5O2S. The van der Waals surface area contributed by atoms with Crippen LogP contribution >= 0.6 is 22.9 Å². The number of aromatic nitrogens is 1. The van der Waals surface area contributed by atoms with E-state index in [1.54, 1.807) is 12.4 Å². The molecule has 0 radical (unpaired) electrons. The largest absolute Gasteiger partial charge is 0.368 e. The van der Waals surface area contributed by atoms with Crippen LogP contribution in [0.15, 0.2) is 30.6 Å². The smallest absolute Gasteiger partial charge is 0.262 e. The van der Waals surface area contributed by atoms with Gasteiger partial charge in [-0.3, -0.25) is 14.6 Å². The maximum Gasteiger partial charge on any atom is 0.262 e. The topological polar surface area (TPSA) is 77.6 Å². The zero-order chi connectivity index (χ0) is 27.1. The Hall–Kier alpha value is -2.16. The van der Waals surface area contributed by atoms with E-state index < -0.39 is 6.04 Å². The first kappa shape index (κ1) is 28.8. The van der Waals surface area contributed by atoms with Crippen LogP contribution in [0.4, 0.5) is 5.69 Å². The Morgan fingerprint density at radius 2 is 1.79 bits per heavy atom. The van der Waals surface area contributed by atoms with Crippen LogP contribution in [0.25, 0.3) is 0 Å². The Morgan fingerprint density at radius 3 is 2.47 bits per heavy atom. The highest BCUT2D eigenvalue weighted by atomic mass is 35.5. The predicted octanol–water partition coefficient (Wildman–Crippen LogP) is 5.49. The van der Waals surface area contributed by atoms with Crippen molar-refractivity contribution in [3.8, 4) is 0 Å².